The number of hydrogen-bond donors (Lipinski definition) is 0. The summed E-state index contributed by atoms with van der Waals surface area (Å²) in [6, 6.07) is 61.0. The molecule has 0 amide bonds. The maximum Gasteiger partial charge on any atom is 0.212 e. The molecular formula is C71H35N11. The molecule has 12 rings (SSSR count). The second-order valence-electron chi connectivity index (χ2n) is 19.6. The average Bonchev–Trinajstić information content (AvgIpc) is 3.05. The standard InChI is InChI=1S/C71H35N11/c1-41-10-9-11-42(2)71(41)60-36-70(82-67-33-47(54-21-13-44(39-73)29-62(54)78-6)16-24-58(67)59-25-17-48(34-68(59)82)55-27-19-51(76-4)35-63(55)79-7)64(80-8)37-69(60)81-65-31-45(52-26-18-50(75-3)30-49(52)40-74)14-22-56(65)57-23-15-46(32-66(57)81)53-20-12-43(38-72)28-61(53)77-5/h9-37H,1-2H3. The summed E-state index contributed by atoms with van der Waals surface area (Å²) >= 11 is 0. The van der Waals surface area contributed by atoms with Crippen molar-refractivity contribution >= 4 is 77.7 Å². The number of aryl methyl sites for hydroxylation is 2. The van der Waals surface area contributed by atoms with Crippen molar-refractivity contribution in [1.82, 2.24) is 9.13 Å². The van der Waals surface area contributed by atoms with Crippen LogP contribution in [-0.4, -0.2) is 9.13 Å². The molecule has 0 spiro atoms. The lowest BCUT2D eigenvalue weighted by Crippen LogP contribution is -2.03. The van der Waals surface area contributed by atoms with E-state index in [0.29, 0.717) is 78.8 Å². The van der Waals surface area contributed by atoms with Gasteiger partial charge in [0.05, 0.1) is 85.4 Å². The van der Waals surface area contributed by atoms with Gasteiger partial charge in [-0.25, -0.2) is 29.1 Å². The molecule has 12 aromatic rings. The Bertz CT molecular complexity index is 4970. The normalized spacial score (nSPS) is 10.7. The first-order chi connectivity index (χ1) is 40.0. The van der Waals surface area contributed by atoms with Crippen molar-refractivity contribution in [2.75, 3.05) is 0 Å². The van der Waals surface area contributed by atoms with Crippen molar-refractivity contribution in [2.45, 2.75) is 13.8 Å². The van der Waals surface area contributed by atoms with Gasteiger partial charge < -0.3 is 9.13 Å². The Labute approximate surface area is 471 Å². The molecule has 0 saturated heterocycles. The monoisotopic (exact) mass is 1040 g/mol. The first kappa shape index (κ1) is 50.1. The molecule has 0 aliphatic heterocycles. The van der Waals surface area contributed by atoms with E-state index in [2.05, 4.69) is 88.5 Å². The minimum Gasteiger partial charge on any atom is -0.319 e. The number of benzene rings is 10. The van der Waals surface area contributed by atoms with Crippen LogP contribution < -0.4 is 0 Å². The van der Waals surface area contributed by atoms with Gasteiger partial charge in [-0.1, -0.05) is 109 Å². The van der Waals surface area contributed by atoms with Gasteiger partial charge in [0.2, 0.25) is 5.69 Å². The van der Waals surface area contributed by atoms with Gasteiger partial charge in [0.1, 0.15) is 0 Å². The Morgan fingerprint density at radius 1 is 0.341 bits per heavy atom. The average molecular weight is 1040 g/mol. The van der Waals surface area contributed by atoms with Crippen LogP contribution in [0.5, 0.6) is 0 Å². The Kier molecular flexibility index (Phi) is 12.2. The number of nitriles is 3. The summed E-state index contributed by atoms with van der Waals surface area (Å²) in [5.41, 5.74) is 16.3. The smallest absolute Gasteiger partial charge is 0.212 e. The number of hydrogen-bond acceptors (Lipinski definition) is 3. The molecule has 0 aliphatic rings. The Hall–Kier alpha value is -12.8. The highest BCUT2D eigenvalue weighted by atomic mass is 15.0. The minimum absolute atomic E-state index is 0.286. The molecule has 0 atom stereocenters. The van der Waals surface area contributed by atoms with Crippen LogP contribution in [0.15, 0.2) is 176 Å². The van der Waals surface area contributed by atoms with E-state index in [1.807, 2.05) is 84.9 Å². The second-order valence-corrected chi connectivity index (χ2v) is 19.6. The Balaban J connectivity index is 1.22. The maximum atomic E-state index is 10.4. The fourth-order valence-electron chi connectivity index (χ4n) is 11.4. The van der Waals surface area contributed by atoms with Crippen molar-refractivity contribution < 1.29 is 0 Å². The van der Waals surface area contributed by atoms with Gasteiger partial charge in [0.15, 0.2) is 28.4 Å². The summed E-state index contributed by atoms with van der Waals surface area (Å²) < 4.78 is 4.23. The first-order valence-corrected chi connectivity index (χ1v) is 25.5. The lowest BCUT2D eigenvalue weighted by atomic mass is 9.93. The van der Waals surface area contributed by atoms with Crippen LogP contribution in [0.25, 0.3) is 140 Å². The fraction of sp³-hybridized carbons (Fsp3) is 0.0282. The molecule has 0 fully saturated rings. The van der Waals surface area contributed by atoms with Crippen molar-refractivity contribution in [3.05, 3.63) is 272 Å². The molecule has 2 heterocycles. The summed E-state index contributed by atoms with van der Waals surface area (Å²) in [7, 11) is 0. The Morgan fingerprint density at radius 3 is 1.17 bits per heavy atom. The molecule has 2 aromatic heterocycles. The number of aromatic nitrogens is 2. The van der Waals surface area contributed by atoms with Gasteiger partial charge in [-0.3, -0.25) is 0 Å². The molecule has 0 N–H and O–H groups in total. The van der Waals surface area contributed by atoms with Crippen molar-refractivity contribution in [1.29, 1.82) is 15.8 Å². The summed E-state index contributed by atoms with van der Waals surface area (Å²) in [4.78, 5) is 23.1. The number of nitrogens with zero attached hydrogens (tertiary/aromatic N) is 11. The van der Waals surface area contributed by atoms with E-state index in [0.717, 1.165) is 88.1 Å². The predicted molar refractivity (Wildman–Crippen MR) is 323 cm³/mol. The highest BCUT2D eigenvalue weighted by Crippen LogP contribution is 2.48. The second kappa shape index (κ2) is 20.0. The van der Waals surface area contributed by atoms with Crippen molar-refractivity contribution in [3.63, 3.8) is 0 Å². The van der Waals surface area contributed by atoms with E-state index in [1.54, 1.807) is 72.8 Å². The largest absolute Gasteiger partial charge is 0.319 e. The highest BCUT2D eigenvalue weighted by Gasteiger charge is 2.26. The summed E-state index contributed by atoms with van der Waals surface area (Å²) in [5, 5.41) is 33.5. The van der Waals surface area contributed by atoms with E-state index >= 15 is 0 Å². The van der Waals surface area contributed by atoms with Crippen LogP contribution >= 0.6 is 0 Å². The lowest BCUT2D eigenvalue weighted by Gasteiger charge is -2.21. The summed E-state index contributed by atoms with van der Waals surface area (Å²) in [5.74, 6) is 0. The molecular weight excluding hydrogens is 1010 g/mol. The van der Waals surface area contributed by atoms with Crippen LogP contribution in [0, 0.1) is 87.3 Å². The number of fused-ring (bicyclic) bond motifs is 6. The van der Waals surface area contributed by atoms with Gasteiger partial charge in [0.25, 0.3) is 0 Å². The highest BCUT2D eigenvalue weighted by molar-refractivity contribution is 6.14. The zero-order valence-electron chi connectivity index (χ0n) is 43.7. The molecule has 0 bridgehead atoms. The third-order valence-corrected chi connectivity index (χ3v) is 15.2. The van der Waals surface area contributed by atoms with Gasteiger partial charge >= 0.3 is 0 Å². The molecule has 0 saturated carbocycles. The van der Waals surface area contributed by atoms with Crippen molar-refractivity contribution in [2.24, 2.45) is 0 Å². The summed E-state index contributed by atoms with van der Waals surface area (Å²) in [6.07, 6.45) is 0. The van der Waals surface area contributed by atoms with Gasteiger partial charge in [-0.05, 0) is 142 Å². The lowest BCUT2D eigenvalue weighted by molar-refractivity contribution is 1.15. The quantitative estimate of drug-likeness (QED) is 0.148. The van der Waals surface area contributed by atoms with Gasteiger partial charge in [-0.2, -0.15) is 15.8 Å². The van der Waals surface area contributed by atoms with E-state index in [9.17, 15) is 22.4 Å². The first-order valence-electron chi connectivity index (χ1n) is 25.5. The third kappa shape index (κ3) is 8.06. The van der Waals surface area contributed by atoms with Crippen LogP contribution in [0.1, 0.15) is 27.8 Å². The molecule has 11 heteroatoms. The molecule has 10 aromatic carbocycles. The van der Waals surface area contributed by atoms with E-state index in [1.165, 1.54) is 0 Å². The summed E-state index contributed by atoms with van der Waals surface area (Å²) in [6.45, 7) is 53.1. The van der Waals surface area contributed by atoms with Crippen LogP contribution in [0.2, 0.25) is 0 Å². The van der Waals surface area contributed by atoms with Gasteiger partial charge in [0, 0.05) is 49.5 Å². The molecule has 11 nitrogen and oxygen atoms in total. The Morgan fingerprint density at radius 2 is 0.744 bits per heavy atom. The third-order valence-electron chi connectivity index (χ3n) is 15.2. The zero-order chi connectivity index (χ0) is 56.9. The maximum absolute atomic E-state index is 10.4. The zero-order valence-corrected chi connectivity index (χ0v) is 43.7. The fourth-order valence-corrected chi connectivity index (χ4v) is 11.4. The molecule has 374 valence electrons. The van der Waals surface area contributed by atoms with Crippen molar-refractivity contribution in [3.8, 4) is 85.2 Å². The topological polar surface area (TPSA) is 107 Å². The molecule has 82 heavy (non-hydrogen) atoms. The van der Waals surface area contributed by atoms with Gasteiger partial charge in [-0.15, -0.1) is 0 Å². The molecule has 0 aliphatic carbocycles. The minimum atomic E-state index is 0.286. The predicted octanol–water partition coefficient (Wildman–Crippen LogP) is 19.8. The van der Waals surface area contributed by atoms with E-state index in [-0.39, 0.29) is 5.69 Å². The van der Waals surface area contributed by atoms with E-state index < -0.39 is 0 Å². The number of rotatable bonds is 7. The van der Waals surface area contributed by atoms with Crippen LogP contribution in [0.3, 0.4) is 0 Å². The van der Waals surface area contributed by atoms with Crippen LogP contribution in [-0.2, 0) is 0 Å². The molecule has 0 radical (unpaired) electrons. The van der Waals surface area contributed by atoms with Crippen LogP contribution in [0.4, 0.5) is 34.1 Å². The molecule has 0 unspecified atom stereocenters. The SMILES string of the molecule is [C-]#[N+]c1ccc(-c2ccc3c4ccc(-c5ccc(C#N)cc5[N+]#[C-])cc4n(-c4cc([N+]#[C-])c(-n5c6cc(-c7ccc(C#N)cc7[N+]#[C-])ccc6c6ccc(-c7ccc([N+]#[C-])cc7[N+]#[C-])cc65)cc4-c4c(C)cccc4C)c3c2)c(C#N)c1. The van der Waals surface area contributed by atoms with E-state index in [4.69, 9.17) is 32.9 Å².